The molecule has 1 atom stereocenters. The summed E-state index contributed by atoms with van der Waals surface area (Å²) in [5.74, 6) is -0.0572. The van der Waals surface area contributed by atoms with Gasteiger partial charge in [0.2, 0.25) is 0 Å². The van der Waals surface area contributed by atoms with Crippen LogP contribution < -0.4 is 5.56 Å². The van der Waals surface area contributed by atoms with Gasteiger partial charge in [-0.3, -0.25) is 4.79 Å². The van der Waals surface area contributed by atoms with Crippen LogP contribution in [0.15, 0.2) is 35.1 Å². The Hall–Kier alpha value is -2.51. The molecule has 0 amide bonds. The summed E-state index contributed by atoms with van der Waals surface area (Å²) in [5.41, 5.74) is 0.747. The minimum atomic E-state index is -0.646. The Morgan fingerprint density at radius 1 is 1.23 bits per heavy atom. The van der Waals surface area contributed by atoms with Crippen molar-refractivity contribution in [2.45, 2.75) is 26.9 Å². The van der Waals surface area contributed by atoms with E-state index in [1.54, 1.807) is 6.92 Å². The van der Waals surface area contributed by atoms with Gasteiger partial charge in [-0.25, -0.2) is 9.78 Å². The smallest absolute Gasteiger partial charge is 0.349 e. The molecule has 0 aliphatic carbocycles. The maximum Gasteiger partial charge on any atom is 0.349 e. The van der Waals surface area contributed by atoms with Gasteiger partial charge in [0.1, 0.15) is 9.71 Å². The lowest BCUT2D eigenvalue weighted by atomic mass is 10.2. The molecule has 3 aromatic heterocycles. The predicted molar refractivity (Wildman–Crippen MR) is 105 cm³/mol. The normalized spacial score (nSPS) is 12.6. The fraction of sp³-hybridized carbons (Fsp3) is 0.211. The standard InChI is InChI=1S/C19H16N2O3S2/c1-9-11(3)25-18-15(9)17(22)20-16(21-18)10(2)24-19(23)14-8-12-6-4-5-7-13(12)26-14/h4-8,10H,1-3H3,(H,20,21,22)/t10-/m1/s1. The zero-order chi connectivity index (χ0) is 18.4. The lowest BCUT2D eigenvalue weighted by Crippen LogP contribution is -2.16. The molecule has 132 valence electrons. The predicted octanol–water partition coefficient (Wildman–Crippen LogP) is 4.73. The average Bonchev–Trinajstić information content (AvgIpc) is 3.16. The van der Waals surface area contributed by atoms with Crippen LogP contribution in [0.4, 0.5) is 0 Å². The SMILES string of the molecule is Cc1sc2nc([C@@H](C)OC(=O)c3cc4ccccc4s3)[nH]c(=O)c2c1C. The molecular formula is C19H16N2O3S2. The van der Waals surface area contributed by atoms with E-state index in [0.29, 0.717) is 20.9 Å². The highest BCUT2D eigenvalue weighted by atomic mass is 32.1. The van der Waals surface area contributed by atoms with Gasteiger partial charge in [-0.15, -0.1) is 22.7 Å². The average molecular weight is 384 g/mol. The first-order valence-electron chi connectivity index (χ1n) is 8.13. The van der Waals surface area contributed by atoms with Crippen LogP contribution >= 0.6 is 22.7 Å². The Morgan fingerprint density at radius 2 is 2.00 bits per heavy atom. The Balaban J connectivity index is 1.63. The molecule has 4 aromatic rings. The summed E-state index contributed by atoms with van der Waals surface area (Å²) >= 11 is 2.86. The number of hydrogen-bond acceptors (Lipinski definition) is 6. The maximum atomic E-state index is 12.5. The molecule has 4 rings (SSSR count). The fourth-order valence-corrected chi connectivity index (χ4v) is 4.80. The van der Waals surface area contributed by atoms with Crippen LogP contribution in [0.2, 0.25) is 0 Å². The quantitative estimate of drug-likeness (QED) is 0.518. The van der Waals surface area contributed by atoms with Gasteiger partial charge in [0.15, 0.2) is 11.9 Å². The highest BCUT2D eigenvalue weighted by molar-refractivity contribution is 7.20. The van der Waals surface area contributed by atoms with Gasteiger partial charge in [0.05, 0.1) is 5.39 Å². The van der Waals surface area contributed by atoms with Crippen molar-refractivity contribution in [3.63, 3.8) is 0 Å². The second kappa shape index (κ2) is 6.34. The first-order valence-corrected chi connectivity index (χ1v) is 9.77. The number of aryl methyl sites for hydroxylation is 2. The largest absolute Gasteiger partial charge is 0.450 e. The number of benzene rings is 1. The molecule has 0 saturated heterocycles. The molecule has 3 heterocycles. The van der Waals surface area contributed by atoms with E-state index in [9.17, 15) is 9.59 Å². The molecule has 0 saturated carbocycles. The molecule has 0 bridgehead atoms. The third-order valence-corrected chi connectivity index (χ3v) is 6.55. The molecule has 0 fully saturated rings. The van der Waals surface area contributed by atoms with Gasteiger partial charge in [-0.05, 0) is 43.9 Å². The van der Waals surface area contributed by atoms with Crippen LogP contribution in [0.1, 0.15) is 39.0 Å². The van der Waals surface area contributed by atoms with Gasteiger partial charge in [-0.2, -0.15) is 0 Å². The highest BCUT2D eigenvalue weighted by Crippen LogP contribution is 2.29. The van der Waals surface area contributed by atoms with E-state index in [0.717, 1.165) is 20.5 Å². The van der Waals surface area contributed by atoms with Crippen molar-refractivity contribution in [2.75, 3.05) is 0 Å². The third-order valence-electron chi connectivity index (χ3n) is 4.35. The second-order valence-corrected chi connectivity index (χ2v) is 8.40. The van der Waals surface area contributed by atoms with Crippen molar-refractivity contribution < 1.29 is 9.53 Å². The number of esters is 1. The zero-order valence-corrected chi connectivity index (χ0v) is 16.1. The number of aromatic nitrogens is 2. The minimum absolute atomic E-state index is 0.198. The van der Waals surface area contributed by atoms with Crippen LogP contribution in [0.3, 0.4) is 0 Å². The summed E-state index contributed by atoms with van der Waals surface area (Å²) in [7, 11) is 0. The van der Waals surface area contributed by atoms with Crippen molar-refractivity contribution in [2.24, 2.45) is 0 Å². The number of thiophene rings is 2. The van der Waals surface area contributed by atoms with Crippen LogP contribution in [-0.4, -0.2) is 15.9 Å². The monoisotopic (exact) mass is 384 g/mol. The lowest BCUT2D eigenvalue weighted by Gasteiger charge is -2.11. The second-order valence-electron chi connectivity index (χ2n) is 6.11. The molecule has 0 aliphatic heterocycles. The molecule has 0 spiro atoms. The van der Waals surface area contributed by atoms with Crippen LogP contribution in [-0.2, 0) is 4.74 Å². The Bertz CT molecular complexity index is 1170. The van der Waals surface area contributed by atoms with E-state index >= 15 is 0 Å². The fourth-order valence-electron chi connectivity index (χ4n) is 2.82. The van der Waals surface area contributed by atoms with Gasteiger partial charge in [-0.1, -0.05) is 18.2 Å². The van der Waals surface area contributed by atoms with Crippen molar-refractivity contribution in [1.82, 2.24) is 9.97 Å². The van der Waals surface area contributed by atoms with Crippen molar-refractivity contribution >= 4 is 48.9 Å². The summed E-state index contributed by atoms with van der Waals surface area (Å²) in [6, 6.07) is 9.61. The molecule has 7 heteroatoms. The van der Waals surface area contributed by atoms with Gasteiger partial charge < -0.3 is 9.72 Å². The zero-order valence-electron chi connectivity index (χ0n) is 14.5. The Labute approximate surface area is 157 Å². The van der Waals surface area contributed by atoms with Gasteiger partial charge in [0.25, 0.3) is 5.56 Å². The summed E-state index contributed by atoms with van der Waals surface area (Å²) in [6.45, 7) is 5.59. The van der Waals surface area contributed by atoms with Crippen molar-refractivity contribution in [3.8, 4) is 0 Å². The van der Waals surface area contributed by atoms with Crippen LogP contribution in [0.5, 0.6) is 0 Å². The molecule has 26 heavy (non-hydrogen) atoms. The summed E-state index contributed by atoms with van der Waals surface area (Å²) in [5, 5.41) is 1.62. The van der Waals surface area contributed by atoms with E-state index < -0.39 is 12.1 Å². The minimum Gasteiger partial charge on any atom is -0.450 e. The molecule has 0 aliphatic rings. The van der Waals surface area contributed by atoms with Gasteiger partial charge in [0, 0.05) is 9.58 Å². The summed E-state index contributed by atoms with van der Waals surface area (Å²) < 4.78 is 6.57. The van der Waals surface area contributed by atoms with E-state index in [2.05, 4.69) is 9.97 Å². The van der Waals surface area contributed by atoms with E-state index in [4.69, 9.17) is 4.74 Å². The molecule has 1 aromatic carbocycles. The maximum absolute atomic E-state index is 12.5. The number of fused-ring (bicyclic) bond motifs is 2. The third kappa shape index (κ3) is 2.83. The number of carbonyl (C=O) groups excluding carboxylic acids is 1. The molecule has 0 radical (unpaired) electrons. The first kappa shape index (κ1) is 16.9. The number of H-pyrrole nitrogens is 1. The van der Waals surface area contributed by atoms with Crippen LogP contribution in [0, 0.1) is 13.8 Å². The summed E-state index contributed by atoms with van der Waals surface area (Å²) in [6.07, 6.45) is -0.646. The van der Waals surface area contributed by atoms with Crippen molar-refractivity contribution in [1.29, 1.82) is 0 Å². The number of hydrogen-bond donors (Lipinski definition) is 1. The molecule has 1 N–H and O–H groups in total. The number of nitrogens with one attached hydrogen (secondary N) is 1. The first-order chi connectivity index (χ1) is 12.4. The number of nitrogens with zero attached hydrogens (tertiary/aromatic N) is 1. The highest BCUT2D eigenvalue weighted by Gasteiger charge is 2.20. The molecule has 0 unspecified atom stereocenters. The van der Waals surface area contributed by atoms with E-state index in [1.807, 2.05) is 44.2 Å². The van der Waals surface area contributed by atoms with Gasteiger partial charge >= 0.3 is 5.97 Å². The number of rotatable bonds is 3. The molecular weight excluding hydrogens is 368 g/mol. The Kier molecular flexibility index (Phi) is 4.13. The Morgan fingerprint density at radius 3 is 2.77 bits per heavy atom. The number of ether oxygens (including phenoxy) is 1. The number of aromatic amines is 1. The van der Waals surface area contributed by atoms with E-state index in [1.165, 1.54) is 22.7 Å². The van der Waals surface area contributed by atoms with E-state index in [-0.39, 0.29) is 5.56 Å². The lowest BCUT2D eigenvalue weighted by molar-refractivity contribution is 0.0326. The topological polar surface area (TPSA) is 72.0 Å². The molecule has 5 nitrogen and oxygen atoms in total. The number of carbonyl (C=O) groups is 1. The summed E-state index contributed by atoms with van der Waals surface area (Å²) in [4.78, 5) is 34.4. The van der Waals surface area contributed by atoms with Crippen LogP contribution in [0.25, 0.3) is 20.3 Å². The van der Waals surface area contributed by atoms with Crippen molar-refractivity contribution in [3.05, 3.63) is 61.8 Å².